The molecule has 1 rings (SSSR count). The highest BCUT2D eigenvalue weighted by Crippen LogP contribution is 2.20. The van der Waals surface area contributed by atoms with E-state index >= 15 is 0 Å². The number of rotatable bonds is 4. The van der Waals surface area contributed by atoms with E-state index in [1.54, 1.807) is 6.07 Å². The molecular weight excluding hydrogens is 196 g/mol. The van der Waals surface area contributed by atoms with Crippen molar-refractivity contribution in [3.05, 3.63) is 35.4 Å². The van der Waals surface area contributed by atoms with E-state index in [0.29, 0.717) is 12.3 Å². The van der Waals surface area contributed by atoms with E-state index in [1.165, 1.54) is 12.1 Å². The first kappa shape index (κ1) is 12.1. The highest BCUT2D eigenvalue weighted by Gasteiger charge is 2.11. The van der Waals surface area contributed by atoms with Gasteiger partial charge in [0.25, 0.3) is 6.43 Å². The van der Waals surface area contributed by atoms with Crippen LogP contribution in [0.5, 0.6) is 0 Å². The van der Waals surface area contributed by atoms with Crippen LogP contribution in [-0.4, -0.2) is 6.04 Å². The smallest absolute Gasteiger partial charge is 0.263 e. The molecule has 1 unspecified atom stereocenters. The first-order valence-corrected chi connectivity index (χ1v) is 5.13. The Morgan fingerprint density at radius 1 is 1.27 bits per heavy atom. The number of benzene rings is 1. The van der Waals surface area contributed by atoms with Crippen LogP contribution in [0.25, 0.3) is 0 Å². The summed E-state index contributed by atoms with van der Waals surface area (Å²) in [5, 5.41) is 0. The Bertz CT molecular complexity index is 310. The van der Waals surface area contributed by atoms with Crippen molar-refractivity contribution in [1.29, 1.82) is 0 Å². The summed E-state index contributed by atoms with van der Waals surface area (Å²) >= 11 is 0. The average molecular weight is 213 g/mol. The Morgan fingerprint density at radius 2 is 1.93 bits per heavy atom. The van der Waals surface area contributed by atoms with E-state index in [0.717, 1.165) is 5.56 Å². The Balaban J connectivity index is 2.73. The highest BCUT2D eigenvalue weighted by molar-refractivity contribution is 5.25. The summed E-state index contributed by atoms with van der Waals surface area (Å²) in [6, 6.07) is 6.50. The van der Waals surface area contributed by atoms with Crippen LogP contribution in [-0.2, 0) is 6.42 Å². The topological polar surface area (TPSA) is 26.0 Å². The number of hydrogen-bond donors (Lipinski definition) is 1. The van der Waals surface area contributed by atoms with Crippen molar-refractivity contribution in [1.82, 2.24) is 0 Å². The molecule has 0 aromatic heterocycles. The van der Waals surface area contributed by atoms with Gasteiger partial charge in [-0.3, -0.25) is 0 Å². The molecule has 0 heterocycles. The van der Waals surface area contributed by atoms with Crippen molar-refractivity contribution < 1.29 is 8.78 Å². The van der Waals surface area contributed by atoms with Gasteiger partial charge >= 0.3 is 0 Å². The van der Waals surface area contributed by atoms with Crippen LogP contribution in [0.4, 0.5) is 8.78 Å². The molecule has 0 saturated heterocycles. The lowest BCUT2D eigenvalue weighted by Crippen LogP contribution is -2.28. The van der Waals surface area contributed by atoms with E-state index < -0.39 is 6.43 Å². The molecule has 2 N–H and O–H groups in total. The van der Waals surface area contributed by atoms with Crippen LogP contribution < -0.4 is 5.73 Å². The fraction of sp³-hybridized carbons (Fsp3) is 0.500. The minimum atomic E-state index is -2.40. The summed E-state index contributed by atoms with van der Waals surface area (Å²) < 4.78 is 24.8. The van der Waals surface area contributed by atoms with Gasteiger partial charge < -0.3 is 5.73 Å². The molecule has 0 aliphatic rings. The van der Waals surface area contributed by atoms with Gasteiger partial charge in [0, 0.05) is 11.6 Å². The van der Waals surface area contributed by atoms with Gasteiger partial charge in [0.05, 0.1) is 0 Å². The van der Waals surface area contributed by atoms with E-state index in [9.17, 15) is 8.78 Å². The molecule has 0 amide bonds. The second-order valence-electron chi connectivity index (χ2n) is 4.16. The van der Waals surface area contributed by atoms with Gasteiger partial charge in [0.1, 0.15) is 0 Å². The van der Waals surface area contributed by atoms with Crippen LogP contribution in [0.1, 0.15) is 31.4 Å². The number of nitrogens with two attached hydrogens (primary N) is 1. The Kier molecular flexibility index (Phi) is 4.21. The summed E-state index contributed by atoms with van der Waals surface area (Å²) in [5.74, 6) is 0.361. The number of alkyl halides is 2. The maximum Gasteiger partial charge on any atom is 0.263 e. The quantitative estimate of drug-likeness (QED) is 0.816. The Labute approximate surface area is 89.3 Å². The van der Waals surface area contributed by atoms with Crippen molar-refractivity contribution in [3.63, 3.8) is 0 Å². The van der Waals surface area contributed by atoms with Crippen molar-refractivity contribution in [2.24, 2.45) is 11.7 Å². The van der Waals surface area contributed by atoms with Crippen molar-refractivity contribution in [2.45, 2.75) is 32.7 Å². The molecule has 0 aliphatic carbocycles. The first-order valence-electron chi connectivity index (χ1n) is 5.13. The molecule has 0 saturated carbocycles. The van der Waals surface area contributed by atoms with Gasteiger partial charge in [-0.25, -0.2) is 8.78 Å². The number of halogens is 2. The summed E-state index contributed by atoms with van der Waals surface area (Å²) in [4.78, 5) is 0. The van der Waals surface area contributed by atoms with E-state index in [1.807, 2.05) is 19.9 Å². The van der Waals surface area contributed by atoms with E-state index in [-0.39, 0.29) is 11.6 Å². The lowest BCUT2D eigenvalue weighted by Gasteiger charge is -2.15. The predicted octanol–water partition coefficient (Wildman–Crippen LogP) is 3.15. The van der Waals surface area contributed by atoms with Crippen LogP contribution >= 0.6 is 0 Å². The van der Waals surface area contributed by atoms with Gasteiger partial charge in [0.15, 0.2) is 0 Å². The lowest BCUT2D eigenvalue weighted by molar-refractivity contribution is 0.151. The van der Waals surface area contributed by atoms with Crippen LogP contribution in [0.3, 0.4) is 0 Å². The molecule has 1 aromatic rings. The molecule has 0 fully saturated rings. The maximum absolute atomic E-state index is 12.4. The zero-order valence-electron chi connectivity index (χ0n) is 9.08. The van der Waals surface area contributed by atoms with Gasteiger partial charge in [-0.1, -0.05) is 38.1 Å². The first-order chi connectivity index (χ1) is 7.00. The van der Waals surface area contributed by atoms with Crippen molar-refractivity contribution in [3.8, 4) is 0 Å². The third-order valence-electron chi connectivity index (χ3n) is 2.53. The third kappa shape index (κ3) is 3.59. The van der Waals surface area contributed by atoms with Crippen LogP contribution in [0.15, 0.2) is 24.3 Å². The summed E-state index contributed by atoms with van der Waals surface area (Å²) in [7, 11) is 0. The molecule has 1 atom stereocenters. The molecule has 0 bridgehead atoms. The molecule has 3 heteroatoms. The normalized spacial score (nSPS) is 13.5. The molecule has 15 heavy (non-hydrogen) atoms. The van der Waals surface area contributed by atoms with Crippen molar-refractivity contribution >= 4 is 0 Å². The second kappa shape index (κ2) is 5.21. The Morgan fingerprint density at radius 3 is 2.47 bits per heavy atom. The van der Waals surface area contributed by atoms with Gasteiger partial charge in [-0.15, -0.1) is 0 Å². The van der Waals surface area contributed by atoms with Crippen LogP contribution in [0, 0.1) is 5.92 Å². The van der Waals surface area contributed by atoms with Crippen LogP contribution in [0.2, 0.25) is 0 Å². The lowest BCUT2D eigenvalue weighted by atomic mass is 9.96. The highest BCUT2D eigenvalue weighted by atomic mass is 19.3. The average Bonchev–Trinajstić information content (AvgIpc) is 2.18. The van der Waals surface area contributed by atoms with E-state index in [2.05, 4.69) is 0 Å². The summed E-state index contributed by atoms with van der Waals surface area (Å²) in [6.45, 7) is 4.06. The fourth-order valence-electron chi connectivity index (χ4n) is 1.36. The third-order valence-corrected chi connectivity index (χ3v) is 2.53. The van der Waals surface area contributed by atoms with Gasteiger partial charge in [-0.05, 0) is 17.9 Å². The molecular formula is C12H17F2N. The second-order valence-corrected chi connectivity index (χ2v) is 4.16. The summed E-state index contributed by atoms with van der Waals surface area (Å²) in [6.07, 6.45) is -1.75. The minimum Gasteiger partial charge on any atom is -0.327 e. The SMILES string of the molecule is CC(C)C(N)Cc1cccc(C(F)F)c1. The fourth-order valence-corrected chi connectivity index (χ4v) is 1.36. The number of hydrogen-bond acceptors (Lipinski definition) is 1. The Hall–Kier alpha value is -0.960. The molecule has 1 aromatic carbocycles. The maximum atomic E-state index is 12.4. The minimum absolute atomic E-state index is 0.0259. The van der Waals surface area contributed by atoms with Gasteiger partial charge in [0.2, 0.25) is 0 Å². The molecule has 0 aliphatic heterocycles. The zero-order valence-corrected chi connectivity index (χ0v) is 9.08. The van der Waals surface area contributed by atoms with Crippen molar-refractivity contribution in [2.75, 3.05) is 0 Å². The van der Waals surface area contributed by atoms with Gasteiger partial charge in [-0.2, -0.15) is 0 Å². The molecule has 1 nitrogen and oxygen atoms in total. The molecule has 0 spiro atoms. The zero-order chi connectivity index (χ0) is 11.4. The van der Waals surface area contributed by atoms with E-state index in [4.69, 9.17) is 5.73 Å². The predicted molar refractivity (Wildman–Crippen MR) is 57.9 cm³/mol. The summed E-state index contributed by atoms with van der Waals surface area (Å²) in [5.41, 5.74) is 6.84. The molecule has 84 valence electrons. The monoisotopic (exact) mass is 213 g/mol. The molecule has 0 radical (unpaired) electrons. The standard InChI is InChI=1S/C12H17F2N/c1-8(2)11(15)7-9-4-3-5-10(6-9)12(13)14/h3-6,8,11-12H,7,15H2,1-2H3. The largest absolute Gasteiger partial charge is 0.327 e.